The third-order valence-electron chi connectivity index (χ3n) is 12.2. The monoisotopic (exact) mass is 822 g/mol. The van der Waals surface area contributed by atoms with Crippen LogP contribution in [-0.4, -0.2) is 115 Å². The van der Waals surface area contributed by atoms with Gasteiger partial charge in [0, 0.05) is 80.9 Å². The number of fused-ring (bicyclic) bond motifs is 2. The molecule has 61 heavy (non-hydrogen) atoms. The molecule has 0 spiro atoms. The number of hydrogen-bond acceptors (Lipinski definition) is 8. The lowest BCUT2D eigenvalue weighted by Crippen LogP contribution is -2.75. The summed E-state index contributed by atoms with van der Waals surface area (Å²) in [6.07, 6.45) is 3.97. The third-order valence-corrected chi connectivity index (χ3v) is 12.2. The number of hydrazine groups is 2. The summed E-state index contributed by atoms with van der Waals surface area (Å²) >= 11 is 0. The van der Waals surface area contributed by atoms with E-state index in [2.05, 4.69) is 48.0 Å². The van der Waals surface area contributed by atoms with Crippen molar-refractivity contribution in [2.24, 2.45) is 7.05 Å². The van der Waals surface area contributed by atoms with Gasteiger partial charge in [-0.15, -0.1) is 6.58 Å². The van der Waals surface area contributed by atoms with Crippen molar-refractivity contribution in [1.82, 2.24) is 40.1 Å². The van der Waals surface area contributed by atoms with Crippen molar-refractivity contribution in [3.63, 3.8) is 0 Å². The highest BCUT2D eigenvalue weighted by Crippen LogP contribution is 2.35. The highest BCUT2D eigenvalue weighted by Gasteiger charge is 2.51. The van der Waals surface area contributed by atoms with Crippen LogP contribution in [0.3, 0.4) is 0 Å². The minimum absolute atomic E-state index is 0.0649. The van der Waals surface area contributed by atoms with E-state index in [1.54, 1.807) is 50.2 Å². The Balaban J connectivity index is 1.10. The Morgan fingerprint density at radius 3 is 2.33 bits per heavy atom. The Morgan fingerprint density at radius 1 is 0.902 bits per heavy atom. The number of aryl methyl sites for hydroxylation is 2. The van der Waals surface area contributed by atoms with E-state index in [0.717, 1.165) is 51.8 Å². The molecule has 4 aromatic carbocycles. The van der Waals surface area contributed by atoms with Gasteiger partial charge in [0.05, 0.1) is 18.6 Å². The zero-order valence-electron chi connectivity index (χ0n) is 35.0. The summed E-state index contributed by atoms with van der Waals surface area (Å²) in [5.74, 6) is -0.632. The molecule has 3 saturated heterocycles. The quantitative estimate of drug-likeness (QED) is 0.152. The largest absolute Gasteiger partial charge is 0.508 e. The van der Waals surface area contributed by atoms with Crippen molar-refractivity contribution in [3.8, 4) is 16.9 Å². The molecule has 3 fully saturated rings. The number of amides is 4. The molecule has 8 rings (SSSR count). The number of benzene rings is 4. The smallest absolute Gasteiger partial charge is 0.265 e. The summed E-state index contributed by atoms with van der Waals surface area (Å²) in [4.78, 5) is 60.0. The van der Waals surface area contributed by atoms with E-state index in [9.17, 15) is 24.3 Å². The molecule has 4 atom stereocenters. The van der Waals surface area contributed by atoms with Crippen LogP contribution in [0.5, 0.6) is 5.75 Å². The average Bonchev–Trinajstić information content (AvgIpc) is 3.60. The number of nitrogens with zero attached hydrogens (tertiary/aromatic N) is 6. The zero-order chi connectivity index (χ0) is 42.8. The molecule has 5 aromatic rings. The number of phenols is 1. The Bertz CT molecular complexity index is 2410. The molecule has 0 saturated carbocycles. The van der Waals surface area contributed by atoms with Crippen molar-refractivity contribution in [2.75, 3.05) is 32.7 Å². The maximum Gasteiger partial charge on any atom is 0.265 e. The summed E-state index contributed by atoms with van der Waals surface area (Å²) in [5.41, 5.74) is 9.31. The van der Waals surface area contributed by atoms with Crippen molar-refractivity contribution < 1.29 is 24.3 Å². The summed E-state index contributed by atoms with van der Waals surface area (Å²) in [6.45, 7) is 10.3. The fourth-order valence-corrected chi connectivity index (χ4v) is 9.22. The van der Waals surface area contributed by atoms with Crippen LogP contribution in [0, 0.1) is 0 Å². The van der Waals surface area contributed by atoms with E-state index in [-0.39, 0.29) is 80.5 Å². The van der Waals surface area contributed by atoms with E-state index in [1.807, 2.05) is 78.8 Å². The van der Waals surface area contributed by atoms with Gasteiger partial charge in [-0.2, -0.15) is 0 Å². The number of aromatic nitrogens is 1. The molecule has 2 unspecified atom stereocenters. The van der Waals surface area contributed by atoms with Gasteiger partial charge in [-0.1, -0.05) is 78.9 Å². The van der Waals surface area contributed by atoms with Crippen molar-refractivity contribution in [3.05, 3.63) is 138 Å². The number of phenolic OH excluding ortho intramolecular Hbond substituents is 1. The molecule has 4 amide bonds. The summed E-state index contributed by atoms with van der Waals surface area (Å²) < 4.78 is 2.07. The highest BCUT2D eigenvalue weighted by atomic mass is 16.3. The Labute approximate surface area is 356 Å². The van der Waals surface area contributed by atoms with Crippen LogP contribution in [0.4, 0.5) is 0 Å². The predicted octanol–water partition coefficient (Wildman–Crippen LogP) is 4.86. The SMILES string of the molecule is C=CCN1CC(=O)N2[C@@H](Cc3ccc(O)cc3)C(=O)N(Cc3cccc4c(-c5ccc(C(=O)NN6C(C)CNCC6C)cc5)cn(C)c34)C[C@@H]2N1C(=O)CCc1ccccc1. The number of piperazine rings is 2. The maximum atomic E-state index is 14.8. The lowest BCUT2D eigenvalue weighted by Gasteiger charge is -2.55. The lowest BCUT2D eigenvalue weighted by molar-refractivity contribution is -0.205. The molecule has 0 aliphatic carbocycles. The van der Waals surface area contributed by atoms with Gasteiger partial charge in [0.25, 0.3) is 5.91 Å². The Morgan fingerprint density at radius 2 is 1.62 bits per heavy atom. The molecule has 0 radical (unpaired) electrons. The second-order valence-corrected chi connectivity index (χ2v) is 16.5. The normalized spacial score (nSPS) is 21.1. The van der Waals surface area contributed by atoms with Gasteiger partial charge in [0.15, 0.2) is 0 Å². The molecule has 13 heteroatoms. The van der Waals surface area contributed by atoms with Gasteiger partial charge in [-0.25, -0.2) is 15.0 Å². The van der Waals surface area contributed by atoms with E-state index in [4.69, 9.17) is 0 Å². The van der Waals surface area contributed by atoms with Gasteiger partial charge in [0.2, 0.25) is 17.7 Å². The molecule has 316 valence electrons. The minimum atomic E-state index is -0.886. The van der Waals surface area contributed by atoms with E-state index < -0.39 is 12.2 Å². The van der Waals surface area contributed by atoms with Crippen LogP contribution in [0.2, 0.25) is 0 Å². The first-order valence-corrected chi connectivity index (χ1v) is 21.1. The second kappa shape index (κ2) is 17.7. The summed E-state index contributed by atoms with van der Waals surface area (Å²) in [7, 11) is 1.99. The molecule has 3 N–H and O–H groups in total. The van der Waals surface area contributed by atoms with Crippen LogP contribution in [0.1, 0.15) is 47.3 Å². The molecular formula is C48H54N8O5. The highest BCUT2D eigenvalue weighted by molar-refractivity contribution is 5.99. The van der Waals surface area contributed by atoms with Crippen LogP contribution in [0.25, 0.3) is 22.0 Å². The molecule has 4 heterocycles. The van der Waals surface area contributed by atoms with Crippen molar-refractivity contribution >= 4 is 34.5 Å². The Hall–Kier alpha value is -6.28. The molecule has 3 aliphatic heterocycles. The van der Waals surface area contributed by atoms with Gasteiger partial charge in [0.1, 0.15) is 18.0 Å². The van der Waals surface area contributed by atoms with Crippen molar-refractivity contribution in [1.29, 1.82) is 0 Å². The molecular weight excluding hydrogens is 769 g/mol. The first-order chi connectivity index (χ1) is 29.5. The predicted molar refractivity (Wildman–Crippen MR) is 234 cm³/mol. The second-order valence-electron chi connectivity index (χ2n) is 16.5. The van der Waals surface area contributed by atoms with Crippen LogP contribution >= 0.6 is 0 Å². The third kappa shape index (κ3) is 8.54. The summed E-state index contributed by atoms with van der Waals surface area (Å²) in [5, 5.41) is 19.9. The molecule has 3 aliphatic rings. The maximum absolute atomic E-state index is 14.8. The number of carbonyl (C=O) groups is 4. The topological polar surface area (TPSA) is 134 Å². The number of rotatable bonds is 12. The first-order valence-electron chi connectivity index (χ1n) is 21.1. The number of carbonyl (C=O) groups excluding carboxylic acids is 4. The first kappa shape index (κ1) is 41.5. The van der Waals surface area contributed by atoms with Gasteiger partial charge < -0.3 is 24.8 Å². The van der Waals surface area contributed by atoms with Crippen LogP contribution in [-0.2, 0) is 40.8 Å². The number of para-hydroxylation sites is 1. The fraction of sp³-hybridized carbons (Fsp3) is 0.333. The van der Waals surface area contributed by atoms with E-state index >= 15 is 0 Å². The molecule has 1 aromatic heterocycles. The number of aromatic hydroxyl groups is 1. The molecule has 13 nitrogen and oxygen atoms in total. The molecule has 0 bridgehead atoms. The minimum Gasteiger partial charge on any atom is -0.508 e. The van der Waals surface area contributed by atoms with Gasteiger partial charge >= 0.3 is 0 Å². The van der Waals surface area contributed by atoms with E-state index in [0.29, 0.717) is 12.0 Å². The van der Waals surface area contributed by atoms with Crippen LogP contribution < -0.4 is 10.7 Å². The standard InChI is InChI=1S/C48H54N8O5/c1-5-24-53-31-45(59)54-42(25-35-14-21-39(57)22-15-35)48(61)52(30-43(54)56(53)44(58)23-16-34-10-7-6-8-11-34)28-38-12-9-13-40-41(29-51(4)46(38)40)36-17-19-37(20-18-36)47(60)50-55-32(2)26-49-27-33(55)3/h5-15,17-22,29,32-33,42-43,49,57H,1,16,23-28,30-31H2,2-4H3,(H,50,60)/t32?,33?,42-,43-/m0/s1. The van der Waals surface area contributed by atoms with E-state index in [1.165, 1.54) is 0 Å². The van der Waals surface area contributed by atoms with Crippen LogP contribution in [0.15, 0.2) is 116 Å². The fourth-order valence-electron chi connectivity index (χ4n) is 9.22. The summed E-state index contributed by atoms with van der Waals surface area (Å²) in [6, 6.07) is 29.7. The van der Waals surface area contributed by atoms with Gasteiger partial charge in [-0.3, -0.25) is 24.6 Å². The van der Waals surface area contributed by atoms with Gasteiger partial charge in [-0.05, 0) is 66.8 Å². The van der Waals surface area contributed by atoms with Crippen molar-refractivity contribution in [2.45, 2.75) is 63.9 Å². The Kier molecular flexibility index (Phi) is 12.1. The number of nitrogens with one attached hydrogen (secondary N) is 2. The zero-order valence-corrected chi connectivity index (χ0v) is 35.0. The number of hydrogen-bond donors (Lipinski definition) is 3. The lowest BCUT2D eigenvalue weighted by atomic mass is 9.97. The average molecular weight is 823 g/mol.